The number of fused-ring (bicyclic) bond motifs is 2. The zero-order valence-electron chi connectivity index (χ0n) is 23.0. The summed E-state index contributed by atoms with van der Waals surface area (Å²) in [6.07, 6.45) is 0.837. The lowest BCUT2D eigenvalue weighted by Gasteiger charge is -2.32. The van der Waals surface area contributed by atoms with Crippen LogP contribution in [0, 0.1) is 13.8 Å². The first-order valence-corrected chi connectivity index (χ1v) is 13.5. The van der Waals surface area contributed by atoms with E-state index >= 15 is 0 Å². The van der Waals surface area contributed by atoms with E-state index in [0.717, 1.165) is 88.8 Å². The number of pyridine rings is 1. The Hall–Kier alpha value is -4.08. The molecule has 2 aromatic carbocycles. The van der Waals surface area contributed by atoms with Crippen LogP contribution < -0.4 is 5.43 Å². The molecule has 200 valence electrons. The molecule has 39 heavy (non-hydrogen) atoms. The predicted molar refractivity (Wildman–Crippen MR) is 154 cm³/mol. The smallest absolute Gasteiger partial charge is 0.265 e. The van der Waals surface area contributed by atoms with Gasteiger partial charge in [0.2, 0.25) is 0 Å². The number of hydrogen-bond donors (Lipinski definition) is 2. The fourth-order valence-corrected chi connectivity index (χ4v) is 5.29. The second-order valence-corrected chi connectivity index (χ2v) is 10.5. The fourth-order valence-electron chi connectivity index (χ4n) is 5.29. The van der Waals surface area contributed by atoms with E-state index in [0.29, 0.717) is 12.1 Å². The number of nitrogens with one attached hydrogen (secondary N) is 2. The highest BCUT2D eigenvalue weighted by molar-refractivity contribution is 5.95. The number of hydrazine groups is 1. The Morgan fingerprint density at radius 3 is 2.62 bits per heavy atom. The zero-order chi connectivity index (χ0) is 27.1. The van der Waals surface area contributed by atoms with Gasteiger partial charge in [-0.3, -0.25) is 10.2 Å². The van der Waals surface area contributed by atoms with Crippen LogP contribution in [-0.2, 0) is 13.0 Å². The summed E-state index contributed by atoms with van der Waals surface area (Å²) in [4.78, 5) is 33.2. The number of carbonyl (C=O) groups excluding carboxylic acids is 1. The number of H-pyrrole nitrogens is 1. The van der Waals surface area contributed by atoms with Gasteiger partial charge in [0.05, 0.1) is 17.6 Å². The second kappa shape index (κ2) is 10.2. The van der Waals surface area contributed by atoms with Gasteiger partial charge in [0.1, 0.15) is 17.2 Å². The van der Waals surface area contributed by atoms with Crippen molar-refractivity contribution < 1.29 is 4.79 Å². The Bertz CT molecular complexity index is 1680. The maximum atomic E-state index is 12.9. The van der Waals surface area contributed by atoms with Gasteiger partial charge in [-0.05, 0) is 62.4 Å². The van der Waals surface area contributed by atoms with Crippen molar-refractivity contribution >= 4 is 28.1 Å². The lowest BCUT2D eigenvalue weighted by atomic mass is 10.1. The Kier molecular flexibility index (Phi) is 6.62. The molecule has 0 unspecified atom stereocenters. The molecule has 3 aromatic heterocycles. The number of imidazole rings is 2. The molecule has 4 heterocycles. The highest BCUT2D eigenvalue weighted by Gasteiger charge is 2.18. The third kappa shape index (κ3) is 5.03. The topological polar surface area (TPSA) is 95.0 Å². The van der Waals surface area contributed by atoms with Crippen molar-refractivity contribution in [1.82, 2.24) is 39.8 Å². The van der Waals surface area contributed by atoms with Crippen LogP contribution in [0.5, 0.6) is 0 Å². The van der Waals surface area contributed by atoms with E-state index in [1.807, 2.05) is 42.3 Å². The molecule has 6 rings (SSSR count). The minimum atomic E-state index is -0.0989. The number of nitrogens with zero attached hydrogens (tertiary/aromatic N) is 6. The molecule has 1 amide bonds. The van der Waals surface area contributed by atoms with Gasteiger partial charge in [0.15, 0.2) is 5.65 Å². The Labute approximate surface area is 227 Å². The van der Waals surface area contributed by atoms with Gasteiger partial charge in [0, 0.05) is 49.4 Å². The van der Waals surface area contributed by atoms with E-state index < -0.39 is 0 Å². The lowest BCUT2D eigenvalue weighted by molar-refractivity contribution is 0.0662. The fraction of sp³-hybridized carbons (Fsp3) is 0.333. The maximum Gasteiger partial charge on any atom is 0.265 e. The van der Waals surface area contributed by atoms with Crippen molar-refractivity contribution in [2.75, 3.05) is 33.2 Å². The number of carbonyl (C=O) groups is 1. The summed E-state index contributed by atoms with van der Waals surface area (Å²) in [7, 11) is 2.10. The van der Waals surface area contributed by atoms with Crippen molar-refractivity contribution in [3.8, 4) is 11.4 Å². The van der Waals surface area contributed by atoms with Crippen LogP contribution >= 0.6 is 0 Å². The Morgan fingerprint density at radius 2 is 1.82 bits per heavy atom. The van der Waals surface area contributed by atoms with Crippen molar-refractivity contribution in [2.45, 2.75) is 33.7 Å². The van der Waals surface area contributed by atoms with Gasteiger partial charge in [-0.1, -0.05) is 25.1 Å². The molecule has 0 atom stereocenters. The first kappa shape index (κ1) is 25.2. The summed E-state index contributed by atoms with van der Waals surface area (Å²) in [6.45, 7) is 10.4. The molecule has 2 N–H and O–H groups in total. The van der Waals surface area contributed by atoms with Gasteiger partial charge in [-0.15, -0.1) is 0 Å². The standard InChI is InChI=1S/C30H34N8O/c1-5-26-34-27-19(2)15-20(3)31-29(27)38(26)18-21-9-10-24-25(16-21)33-28(32-24)22-7-6-8-23(17-22)30(39)35-37-13-11-36(4)12-14-37/h6-10,15-17H,5,11-14,18H2,1-4H3,(H,32,33)(H,35,39). The molecule has 0 aliphatic carbocycles. The van der Waals surface area contributed by atoms with E-state index in [9.17, 15) is 4.79 Å². The molecule has 0 bridgehead atoms. The van der Waals surface area contributed by atoms with E-state index in [-0.39, 0.29) is 5.91 Å². The van der Waals surface area contributed by atoms with Crippen molar-refractivity contribution in [3.63, 3.8) is 0 Å². The van der Waals surface area contributed by atoms with Gasteiger partial charge in [-0.2, -0.15) is 0 Å². The lowest BCUT2D eigenvalue weighted by Crippen LogP contribution is -2.52. The number of aryl methyl sites for hydroxylation is 3. The highest BCUT2D eigenvalue weighted by atomic mass is 16.2. The summed E-state index contributed by atoms with van der Waals surface area (Å²) < 4.78 is 2.22. The van der Waals surface area contributed by atoms with Crippen molar-refractivity contribution in [1.29, 1.82) is 0 Å². The molecule has 0 saturated carbocycles. The minimum absolute atomic E-state index is 0.0989. The molecule has 1 saturated heterocycles. The monoisotopic (exact) mass is 522 g/mol. The minimum Gasteiger partial charge on any atom is -0.338 e. The van der Waals surface area contributed by atoms with Gasteiger partial charge >= 0.3 is 0 Å². The average Bonchev–Trinajstić information content (AvgIpc) is 3.51. The number of amides is 1. The highest BCUT2D eigenvalue weighted by Crippen LogP contribution is 2.25. The number of piperazine rings is 1. The first-order chi connectivity index (χ1) is 18.9. The second-order valence-electron chi connectivity index (χ2n) is 10.5. The largest absolute Gasteiger partial charge is 0.338 e. The van der Waals surface area contributed by atoms with Crippen LogP contribution in [-0.4, -0.2) is 73.5 Å². The molecule has 9 nitrogen and oxygen atoms in total. The summed E-state index contributed by atoms with van der Waals surface area (Å²) >= 11 is 0. The van der Waals surface area contributed by atoms with Crippen LogP contribution in [0.1, 0.15) is 39.9 Å². The van der Waals surface area contributed by atoms with Crippen LogP contribution in [0.2, 0.25) is 0 Å². The number of aromatic amines is 1. The molecule has 1 fully saturated rings. The third-order valence-electron chi connectivity index (χ3n) is 7.47. The zero-order valence-corrected chi connectivity index (χ0v) is 23.0. The van der Waals surface area contributed by atoms with E-state index in [4.69, 9.17) is 15.0 Å². The Balaban J connectivity index is 1.25. The van der Waals surface area contributed by atoms with Gasteiger partial charge < -0.3 is 14.5 Å². The summed E-state index contributed by atoms with van der Waals surface area (Å²) in [6, 6.07) is 16.0. The van der Waals surface area contributed by atoms with E-state index in [1.165, 1.54) is 0 Å². The van der Waals surface area contributed by atoms with Gasteiger partial charge in [-0.25, -0.2) is 20.0 Å². The van der Waals surface area contributed by atoms with Gasteiger partial charge in [0.25, 0.3) is 5.91 Å². The molecule has 9 heteroatoms. The van der Waals surface area contributed by atoms with Crippen LogP contribution in [0.4, 0.5) is 0 Å². The van der Waals surface area contributed by atoms with Crippen LogP contribution in [0.3, 0.4) is 0 Å². The summed E-state index contributed by atoms with van der Waals surface area (Å²) in [5.74, 6) is 1.67. The molecule has 0 spiro atoms. The predicted octanol–water partition coefficient (Wildman–Crippen LogP) is 4.09. The molecular weight excluding hydrogens is 488 g/mol. The molecule has 1 aliphatic heterocycles. The number of aromatic nitrogens is 5. The summed E-state index contributed by atoms with van der Waals surface area (Å²) in [5, 5.41) is 1.99. The first-order valence-electron chi connectivity index (χ1n) is 13.5. The maximum absolute atomic E-state index is 12.9. The molecule has 5 aromatic rings. The number of hydrogen-bond acceptors (Lipinski definition) is 6. The molecule has 1 aliphatic rings. The van der Waals surface area contributed by atoms with Crippen LogP contribution in [0.15, 0.2) is 48.5 Å². The van der Waals surface area contributed by atoms with Crippen molar-refractivity contribution in [2.24, 2.45) is 0 Å². The number of benzene rings is 2. The Morgan fingerprint density at radius 1 is 1.00 bits per heavy atom. The quantitative estimate of drug-likeness (QED) is 0.349. The number of likely N-dealkylation sites (N-methyl/N-ethyl adjacent to an activating group) is 1. The molecular formula is C30H34N8O. The summed E-state index contributed by atoms with van der Waals surface area (Å²) in [5.41, 5.74) is 11.6. The average molecular weight is 523 g/mol. The third-order valence-corrected chi connectivity index (χ3v) is 7.47. The molecule has 0 radical (unpaired) electrons. The van der Waals surface area contributed by atoms with Crippen LogP contribution in [0.25, 0.3) is 33.6 Å². The van der Waals surface area contributed by atoms with E-state index in [2.05, 4.69) is 59.0 Å². The normalized spacial score (nSPS) is 14.9. The number of rotatable bonds is 6. The van der Waals surface area contributed by atoms with E-state index in [1.54, 1.807) is 0 Å². The van der Waals surface area contributed by atoms with Crippen molar-refractivity contribution in [3.05, 3.63) is 76.7 Å². The SMILES string of the molecule is CCc1nc2c(C)cc(C)nc2n1Cc1ccc2nc(-c3cccc(C(=O)NN4CCN(C)CC4)c3)[nH]c2c1.